The molecule has 252 valence electrons. The maximum absolute atomic E-state index is 15.8. The molecule has 3 fully saturated rings. The minimum absolute atomic E-state index is 0.0241. The molecule has 0 radical (unpaired) electrons. The third kappa shape index (κ3) is 7.71. The number of nitrogens with one attached hydrogen (secondary N) is 1. The maximum atomic E-state index is 15.8. The minimum Gasteiger partial charge on any atom is -0.370 e. The minimum atomic E-state index is -3.82. The molecular weight excluding hydrogens is 640 g/mol. The van der Waals surface area contributed by atoms with E-state index in [0.717, 1.165) is 6.42 Å². The monoisotopic (exact) mass is 681 g/mol. The second-order valence-corrected chi connectivity index (χ2v) is 14.4. The van der Waals surface area contributed by atoms with Gasteiger partial charge in [-0.1, -0.05) is 11.6 Å². The van der Waals surface area contributed by atoms with E-state index in [1.807, 2.05) is 0 Å². The second-order valence-electron chi connectivity index (χ2n) is 12.1. The number of aromatic nitrogens is 1. The van der Waals surface area contributed by atoms with Crippen LogP contribution < -0.4 is 32.3 Å². The number of halogens is 3. The van der Waals surface area contributed by atoms with Gasteiger partial charge in [-0.15, -0.1) is 0 Å². The number of piperazine rings is 1. The average Bonchev–Trinajstić information content (AvgIpc) is 3.38. The van der Waals surface area contributed by atoms with Gasteiger partial charge in [0.05, 0.1) is 4.90 Å². The van der Waals surface area contributed by atoms with Crippen LogP contribution in [0.2, 0.25) is 5.15 Å². The highest BCUT2D eigenvalue weighted by Crippen LogP contribution is 2.45. The molecule has 12 nitrogen and oxygen atoms in total. The molecule has 1 aromatic carbocycles. The fourth-order valence-electron chi connectivity index (χ4n) is 6.31. The zero-order chi connectivity index (χ0) is 33.1. The first kappa shape index (κ1) is 34.2. The molecule has 2 saturated heterocycles. The Bertz CT molecular complexity index is 1510. The molecular formula is C30H42ClF2N9O3S. The van der Waals surface area contributed by atoms with Crippen LogP contribution >= 0.6 is 11.6 Å². The Balaban J connectivity index is 1.19. The SMILES string of the molecule is NCCCN=C(N)NC1CCC(C(F)(F)c2cc(Cl)nc(N3CCN(S(=O)(=O)c4ccc(N5C[C@H](N)CC5=O)cc4)CC3)c2)CC1. The number of sulfonamides is 1. The summed E-state index contributed by atoms with van der Waals surface area (Å²) < 4.78 is 59.8. The van der Waals surface area contributed by atoms with Gasteiger partial charge in [0, 0.05) is 74.9 Å². The molecule has 7 N–H and O–H groups in total. The van der Waals surface area contributed by atoms with E-state index >= 15 is 8.78 Å². The molecule has 0 spiro atoms. The van der Waals surface area contributed by atoms with Crippen molar-refractivity contribution >= 4 is 45.0 Å². The average molecular weight is 682 g/mol. The Kier molecular flexibility index (Phi) is 10.7. The molecule has 2 aromatic rings. The van der Waals surface area contributed by atoms with Gasteiger partial charge >= 0.3 is 0 Å². The molecule has 1 aromatic heterocycles. The predicted octanol–water partition coefficient (Wildman–Crippen LogP) is 2.21. The number of aliphatic imine (C=N–C) groups is 1. The number of guanidine groups is 1. The third-order valence-electron chi connectivity index (χ3n) is 8.91. The molecule has 1 aliphatic carbocycles. The summed E-state index contributed by atoms with van der Waals surface area (Å²) >= 11 is 6.25. The zero-order valence-corrected chi connectivity index (χ0v) is 27.2. The van der Waals surface area contributed by atoms with E-state index in [0.29, 0.717) is 57.0 Å². The summed E-state index contributed by atoms with van der Waals surface area (Å²) in [5.74, 6) is -3.51. The fourth-order valence-corrected chi connectivity index (χ4v) is 7.93. The van der Waals surface area contributed by atoms with Crippen LogP contribution in [0.5, 0.6) is 0 Å². The maximum Gasteiger partial charge on any atom is 0.276 e. The molecule has 16 heteroatoms. The first-order chi connectivity index (χ1) is 21.9. The lowest BCUT2D eigenvalue weighted by molar-refractivity contribution is -0.117. The number of carbonyl (C=O) groups excluding carboxylic acids is 1. The van der Waals surface area contributed by atoms with E-state index in [-0.39, 0.29) is 72.0 Å². The summed E-state index contributed by atoms with van der Waals surface area (Å²) in [5.41, 5.74) is 17.7. The number of nitrogens with zero attached hydrogens (tertiary/aromatic N) is 5. The Morgan fingerprint density at radius 2 is 1.76 bits per heavy atom. The predicted molar refractivity (Wildman–Crippen MR) is 175 cm³/mol. The molecule has 5 rings (SSSR count). The van der Waals surface area contributed by atoms with Gasteiger partial charge in [-0.2, -0.15) is 4.31 Å². The largest absolute Gasteiger partial charge is 0.370 e. The Hall–Kier alpha value is -3.11. The van der Waals surface area contributed by atoms with E-state index in [9.17, 15) is 13.2 Å². The number of nitrogens with two attached hydrogens (primary N) is 3. The highest BCUT2D eigenvalue weighted by Gasteiger charge is 2.44. The first-order valence-electron chi connectivity index (χ1n) is 15.6. The molecule has 0 bridgehead atoms. The van der Waals surface area contributed by atoms with Gasteiger partial charge in [-0.05, 0) is 75.0 Å². The van der Waals surface area contributed by atoms with Crippen LogP contribution in [0.1, 0.15) is 44.1 Å². The van der Waals surface area contributed by atoms with Crippen LogP contribution in [0.15, 0.2) is 46.3 Å². The van der Waals surface area contributed by atoms with Crippen molar-refractivity contribution in [1.82, 2.24) is 14.6 Å². The lowest BCUT2D eigenvalue weighted by Crippen LogP contribution is -2.49. The van der Waals surface area contributed by atoms with Crippen molar-refractivity contribution in [3.05, 3.63) is 47.1 Å². The molecule has 46 heavy (non-hydrogen) atoms. The van der Waals surface area contributed by atoms with Gasteiger partial charge in [-0.25, -0.2) is 22.2 Å². The van der Waals surface area contributed by atoms with Gasteiger partial charge in [0.25, 0.3) is 5.92 Å². The number of hydrogen-bond acceptors (Lipinski definition) is 8. The third-order valence-corrected chi connectivity index (χ3v) is 11.0. The quantitative estimate of drug-likeness (QED) is 0.127. The highest BCUT2D eigenvalue weighted by molar-refractivity contribution is 7.89. The van der Waals surface area contributed by atoms with E-state index in [2.05, 4.69) is 15.3 Å². The summed E-state index contributed by atoms with van der Waals surface area (Å²) in [6.07, 6.45) is 2.64. The molecule has 2 aliphatic heterocycles. The van der Waals surface area contributed by atoms with Crippen molar-refractivity contribution in [2.75, 3.05) is 55.6 Å². The molecule has 1 amide bonds. The molecule has 1 saturated carbocycles. The Morgan fingerprint density at radius 3 is 2.37 bits per heavy atom. The molecule has 1 atom stereocenters. The molecule has 0 unspecified atom stereocenters. The Morgan fingerprint density at radius 1 is 1.09 bits per heavy atom. The molecule has 3 heterocycles. The van der Waals surface area contributed by atoms with Crippen molar-refractivity contribution in [1.29, 1.82) is 0 Å². The zero-order valence-electron chi connectivity index (χ0n) is 25.6. The van der Waals surface area contributed by atoms with Crippen molar-refractivity contribution in [2.45, 2.75) is 61.4 Å². The van der Waals surface area contributed by atoms with Gasteiger partial charge in [0.2, 0.25) is 15.9 Å². The van der Waals surface area contributed by atoms with Gasteiger partial charge in [0.1, 0.15) is 11.0 Å². The number of amides is 1. The van der Waals surface area contributed by atoms with Crippen LogP contribution in [0.25, 0.3) is 0 Å². The van der Waals surface area contributed by atoms with Crippen molar-refractivity contribution in [2.24, 2.45) is 28.1 Å². The standard InChI is InChI=1S/C30H42ClF2N9O3S/c31-26-16-21(30(32,33)20-2-4-23(5-3-20)38-29(36)37-11-1-10-34)17-27(39-26)40-12-14-41(15-13-40)46(44,45)25-8-6-24(7-9-25)42-19-22(35)18-28(42)43/h6-9,16-17,20,22-23H,1-5,10-15,18-19,34-35H2,(H3,36,37,38)/t20?,22-,23?/m1/s1. The van der Waals surface area contributed by atoms with Crippen molar-refractivity contribution in [3.8, 4) is 0 Å². The number of pyridine rings is 1. The van der Waals surface area contributed by atoms with Crippen LogP contribution in [-0.4, -0.2) is 87.5 Å². The topological polar surface area (TPSA) is 176 Å². The van der Waals surface area contributed by atoms with Gasteiger partial charge < -0.3 is 32.3 Å². The van der Waals surface area contributed by atoms with Gasteiger partial charge in [-0.3, -0.25) is 9.79 Å². The normalized spacial score (nSPS) is 23.6. The van der Waals surface area contributed by atoms with Crippen molar-refractivity contribution < 1.29 is 22.0 Å². The number of carbonyl (C=O) groups is 1. The van der Waals surface area contributed by atoms with E-state index in [4.69, 9.17) is 28.8 Å². The number of alkyl halides is 2. The highest BCUT2D eigenvalue weighted by atomic mass is 35.5. The molecule has 3 aliphatic rings. The fraction of sp³-hybridized carbons (Fsp3) is 0.567. The van der Waals surface area contributed by atoms with Crippen molar-refractivity contribution in [3.63, 3.8) is 0 Å². The number of rotatable bonds is 10. The lowest BCUT2D eigenvalue weighted by atomic mass is 9.80. The number of anilines is 2. The van der Waals surface area contributed by atoms with Crippen LogP contribution in [0.4, 0.5) is 20.3 Å². The summed E-state index contributed by atoms with van der Waals surface area (Å²) in [5, 5.41) is 3.09. The number of hydrogen-bond donors (Lipinski definition) is 4. The van der Waals surface area contributed by atoms with Crippen LogP contribution in [-0.2, 0) is 20.7 Å². The first-order valence-corrected chi connectivity index (χ1v) is 17.4. The van der Waals surface area contributed by atoms with E-state index < -0.39 is 21.9 Å². The smallest absolute Gasteiger partial charge is 0.276 e. The van der Waals surface area contributed by atoms with E-state index in [1.165, 1.54) is 28.6 Å². The summed E-state index contributed by atoms with van der Waals surface area (Å²) in [6.45, 7) is 2.20. The number of benzene rings is 1. The van der Waals surface area contributed by atoms with Crippen LogP contribution in [0.3, 0.4) is 0 Å². The second kappa shape index (κ2) is 14.3. The lowest BCUT2D eigenvalue weighted by Gasteiger charge is -2.36. The summed E-state index contributed by atoms with van der Waals surface area (Å²) in [4.78, 5) is 24.1. The van der Waals surface area contributed by atoms with E-state index in [1.54, 1.807) is 21.9 Å². The summed E-state index contributed by atoms with van der Waals surface area (Å²) in [7, 11) is -3.82. The van der Waals surface area contributed by atoms with Crippen LogP contribution in [0, 0.1) is 5.92 Å². The summed E-state index contributed by atoms with van der Waals surface area (Å²) in [6, 6.07) is 8.49. The Labute approximate surface area is 273 Å². The van der Waals surface area contributed by atoms with Gasteiger partial charge in [0.15, 0.2) is 5.96 Å².